The molecule has 0 saturated carbocycles. The number of aromatic nitrogens is 1. The Morgan fingerprint density at radius 1 is 1.22 bits per heavy atom. The summed E-state index contributed by atoms with van der Waals surface area (Å²) in [7, 11) is 0. The zero-order chi connectivity index (χ0) is 16.4. The number of aryl methyl sites for hydroxylation is 2. The topological polar surface area (TPSA) is 74.0 Å². The molecule has 0 bridgehead atoms. The Labute approximate surface area is 135 Å². The molecule has 2 aromatic rings. The van der Waals surface area contributed by atoms with Crippen molar-refractivity contribution < 1.29 is 9.59 Å². The van der Waals surface area contributed by atoms with Gasteiger partial charge in [0.2, 0.25) is 5.91 Å². The van der Waals surface area contributed by atoms with Crippen LogP contribution >= 0.6 is 0 Å². The van der Waals surface area contributed by atoms with E-state index in [-0.39, 0.29) is 23.9 Å². The predicted molar refractivity (Wildman–Crippen MR) is 88.1 cm³/mol. The zero-order valence-corrected chi connectivity index (χ0v) is 13.3. The Bertz CT molecular complexity index is 721. The van der Waals surface area contributed by atoms with Crippen LogP contribution in [0.2, 0.25) is 0 Å². The molecule has 0 spiro atoms. The van der Waals surface area contributed by atoms with Crippen LogP contribution in [-0.4, -0.2) is 22.8 Å². The first-order valence-corrected chi connectivity index (χ1v) is 7.86. The van der Waals surface area contributed by atoms with Gasteiger partial charge in [-0.05, 0) is 37.5 Å². The molecule has 1 saturated heterocycles. The normalized spacial score (nSPS) is 20.9. The lowest BCUT2D eigenvalue weighted by Gasteiger charge is -2.33. The van der Waals surface area contributed by atoms with Crippen LogP contribution in [0.1, 0.15) is 46.2 Å². The van der Waals surface area contributed by atoms with E-state index in [4.69, 9.17) is 0 Å². The van der Waals surface area contributed by atoms with E-state index < -0.39 is 0 Å². The quantitative estimate of drug-likeness (QED) is 0.814. The number of carbonyl (C=O) groups is 2. The van der Waals surface area contributed by atoms with Crippen LogP contribution in [0.15, 0.2) is 36.4 Å². The molecule has 1 aliphatic rings. The van der Waals surface area contributed by atoms with Gasteiger partial charge >= 0.3 is 0 Å². The van der Waals surface area contributed by atoms with Crippen molar-refractivity contribution in [2.45, 2.75) is 38.8 Å². The van der Waals surface area contributed by atoms with Gasteiger partial charge in [0.25, 0.3) is 5.91 Å². The molecular weight excluding hydrogens is 290 g/mol. The number of nitrogens with one attached hydrogen (secondary N) is 3. The lowest BCUT2D eigenvalue weighted by molar-refractivity contribution is -0.123. The molecule has 1 aromatic carbocycles. The summed E-state index contributed by atoms with van der Waals surface area (Å²) in [6.07, 6.45) is 1.06. The maximum absolute atomic E-state index is 12.6. The smallest absolute Gasteiger partial charge is 0.268 e. The molecule has 1 aromatic heterocycles. The zero-order valence-electron chi connectivity index (χ0n) is 13.3. The molecule has 5 nitrogen and oxygen atoms in total. The second kappa shape index (κ2) is 6.28. The third-order valence-corrected chi connectivity index (χ3v) is 4.25. The number of carbonyl (C=O) groups excluding carboxylic acids is 2. The summed E-state index contributed by atoms with van der Waals surface area (Å²) in [4.78, 5) is 27.4. The Morgan fingerprint density at radius 3 is 2.61 bits per heavy atom. The van der Waals surface area contributed by atoms with Gasteiger partial charge in [-0.15, -0.1) is 0 Å². The Balaban J connectivity index is 1.80. The molecule has 0 radical (unpaired) electrons. The highest BCUT2D eigenvalue weighted by molar-refractivity contribution is 5.94. The summed E-state index contributed by atoms with van der Waals surface area (Å²) in [6.45, 7) is 3.84. The molecule has 0 unspecified atom stereocenters. The van der Waals surface area contributed by atoms with E-state index in [2.05, 4.69) is 15.6 Å². The van der Waals surface area contributed by atoms with Crippen LogP contribution in [0.3, 0.4) is 0 Å². The lowest BCUT2D eigenvalue weighted by atomic mass is 9.92. The fourth-order valence-electron chi connectivity index (χ4n) is 3.14. The minimum Gasteiger partial charge on any atom is -0.354 e. The molecule has 3 rings (SSSR count). The number of amides is 2. The highest BCUT2D eigenvalue weighted by Crippen LogP contribution is 2.24. The number of benzene rings is 1. The van der Waals surface area contributed by atoms with Crippen molar-refractivity contribution in [1.29, 1.82) is 0 Å². The molecule has 23 heavy (non-hydrogen) atoms. The van der Waals surface area contributed by atoms with Crippen LogP contribution in [0.5, 0.6) is 0 Å². The average molecular weight is 311 g/mol. The number of aromatic amines is 1. The molecule has 2 atom stereocenters. The van der Waals surface area contributed by atoms with Crippen molar-refractivity contribution in [2.24, 2.45) is 0 Å². The van der Waals surface area contributed by atoms with Crippen LogP contribution < -0.4 is 10.6 Å². The second-order valence-corrected chi connectivity index (χ2v) is 6.08. The predicted octanol–water partition coefficient (Wildman–Crippen LogP) is 2.38. The number of H-pyrrole nitrogens is 1. The van der Waals surface area contributed by atoms with Gasteiger partial charge in [0.1, 0.15) is 5.69 Å². The first-order valence-electron chi connectivity index (χ1n) is 7.86. The SMILES string of the molecule is Cc1cc(C)c(C(=O)N[C@@H]2CCC(=O)N[C@H]2c2ccccc2)[nH]1. The molecule has 3 N–H and O–H groups in total. The van der Waals surface area contributed by atoms with Gasteiger partial charge in [0, 0.05) is 12.1 Å². The standard InChI is InChI=1S/C18H21N3O2/c1-11-10-12(2)19-16(11)18(23)20-14-8-9-15(22)21-17(14)13-6-4-3-5-7-13/h3-7,10,14,17,19H,8-9H2,1-2H3,(H,20,23)(H,21,22)/t14-,17+/m1/s1. The van der Waals surface area contributed by atoms with Crippen molar-refractivity contribution in [3.8, 4) is 0 Å². The van der Waals surface area contributed by atoms with Gasteiger partial charge in [-0.25, -0.2) is 0 Å². The van der Waals surface area contributed by atoms with E-state index in [1.165, 1.54) is 0 Å². The summed E-state index contributed by atoms with van der Waals surface area (Å²) in [5.74, 6) is -0.103. The second-order valence-electron chi connectivity index (χ2n) is 6.08. The number of piperidine rings is 1. The summed E-state index contributed by atoms with van der Waals surface area (Å²) in [6, 6.07) is 11.4. The molecule has 2 amide bonds. The van der Waals surface area contributed by atoms with Gasteiger partial charge in [-0.2, -0.15) is 0 Å². The van der Waals surface area contributed by atoms with E-state index in [1.54, 1.807) is 0 Å². The number of hydrogen-bond acceptors (Lipinski definition) is 2. The van der Waals surface area contributed by atoms with Crippen LogP contribution in [0, 0.1) is 13.8 Å². The average Bonchev–Trinajstić information content (AvgIpc) is 2.88. The molecular formula is C18H21N3O2. The number of hydrogen-bond donors (Lipinski definition) is 3. The van der Waals surface area contributed by atoms with Gasteiger partial charge in [0.05, 0.1) is 12.1 Å². The molecule has 5 heteroatoms. The summed E-state index contributed by atoms with van der Waals surface area (Å²) >= 11 is 0. The Morgan fingerprint density at radius 2 is 1.96 bits per heavy atom. The fourth-order valence-corrected chi connectivity index (χ4v) is 3.14. The Kier molecular flexibility index (Phi) is 4.19. The lowest BCUT2D eigenvalue weighted by Crippen LogP contribution is -2.50. The summed E-state index contributed by atoms with van der Waals surface area (Å²) < 4.78 is 0. The molecule has 0 aliphatic carbocycles. The monoisotopic (exact) mass is 311 g/mol. The molecule has 1 fully saturated rings. The largest absolute Gasteiger partial charge is 0.354 e. The first kappa shape index (κ1) is 15.3. The fraction of sp³-hybridized carbons (Fsp3) is 0.333. The van der Waals surface area contributed by atoms with E-state index in [0.29, 0.717) is 18.5 Å². The highest BCUT2D eigenvalue weighted by atomic mass is 16.2. The maximum Gasteiger partial charge on any atom is 0.268 e. The van der Waals surface area contributed by atoms with Crippen molar-refractivity contribution >= 4 is 11.8 Å². The Hall–Kier alpha value is -2.56. The number of rotatable bonds is 3. The van der Waals surface area contributed by atoms with Gasteiger partial charge in [-0.3, -0.25) is 9.59 Å². The first-order chi connectivity index (χ1) is 11.0. The van der Waals surface area contributed by atoms with Gasteiger partial charge in [-0.1, -0.05) is 30.3 Å². The third kappa shape index (κ3) is 3.28. The van der Waals surface area contributed by atoms with Crippen molar-refractivity contribution in [3.63, 3.8) is 0 Å². The highest BCUT2D eigenvalue weighted by Gasteiger charge is 2.31. The van der Waals surface area contributed by atoms with Crippen molar-refractivity contribution in [2.75, 3.05) is 0 Å². The molecule has 1 aliphatic heterocycles. The minimum atomic E-state index is -0.197. The van der Waals surface area contributed by atoms with Crippen molar-refractivity contribution in [1.82, 2.24) is 15.6 Å². The van der Waals surface area contributed by atoms with E-state index >= 15 is 0 Å². The summed E-state index contributed by atoms with van der Waals surface area (Å²) in [5.41, 5.74) is 3.48. The van der Waals surface area contributed by atoms with Gasteiger partial charge in [0.15, 0.2) is 0 Å². The third-order valence-electron chi connectivity index (χ3n) is 4.25. The van der Waals surface area contributed by atoms with Crippen LogP contribution in [0.25, 0.3) is 0 Å². The van der Waals surface area contributed by atoms with Crippen LogP contribution in [0.4, 0.5) is 0 Å². The minimum absolute atomic E-state index is 0.0243. The molecule has 2 heterocycles. The van der Waals surface area contributed by atoms with E-state index in [1.807, 2.05) is 50.2 Å². The maximum atomic E-state index is 12.6. The molecule has 120 valence electrons. The van der Waals surface area contributed by atoms with E-state index in [9.17, 15) is 9.59 Å². The van der Waals surface area contributed by atoms with E-state index in [0.717, 1.165) is 16.8 Å². The summed E-state index contributed by atoms with van der Waals surface area (Å²) in [5, 5.41) is 6.07. The van der Waals surface area contributed by atoms with Crippen LogP contribution in [-0.2, 0) is 4.79 Å². The van der Waals surface area contributed by atoms with Gasteiger partial charge < -0.3 is 15.6 Å². The van der Waals surface area contributed by atoms with Crippen molar-refractivity contribution in [3.05, 3.63) is 58.9 Å².